The summed E-state index contributed by atoms with van der Waals surface area (Å²) in [6.45, 7) is 1.32. The molecule has 6 aliphatic rings. The average Bonchev–Trinajstić information content (AvgIpc) is 3.89. The van der Waals surface area contributed by atoms with Crippen molar-refractivity contribution in [3.8, 4) is 23.0 Å². The number of pyridine rings is 2. The van der Waals surface area contributed by atoms with Crippen LogP contribution in [0.1, 0.15) is 84.8 Å². The van der Waals surface area contributed by atoms with Crippen molar-refractivity contribution in [2.75, 3.05) is 49.7 Å². The van der Waals surface area contributed by atoms with Gasteiger partial charge in [0.2, 0.25) is 10.9 Å². The van der Waals surface area contributed by atoms with Gasteiger partial charge in [0.25, 0.3) is 11.8 Å². The molecule has 0 fully saturated rings. The van der Waals surface area contributed by atoms with Gasteiger partial charge < -0.3 is 41.5 Å². The van der Waals surface area contributed by atoms with E-state index in [1.165, 1.54) is 46.5 Å². The van der Waals surface area contributed by atoms with Crippen LogP contribution in [0.3, 0.4) is 0 Å². The van der Waals surface area contributed by atoms with Gasteiger partial charge in [0, 0.05) is 93.3 Å². The van der Waals surface area contributed by atoms with Crippen LogP contribution in [0.5, 0.6) is 23.0 Å². The second-order valence-electron chi connectivity index (χ2n) is 19.2. The van der Waals surface area contributed by atoms with Gasteiger partial charge in [-0.15, -0.1) is 23.5 Å². The van der Waals surface area contributed by atoms with Crippen LogP contribution in [0, 0.1) is 23.3 Å². The van der Waals surface area contributed by atoms with Gasteiger partial charge in [-0.05, 0) is 41.7 Å². The van der Waals surface area contributed by atoms with E-state index >= 15 is 8.78 Å². The number of hydrogen-bond donors (Lipinski definition) is 1. The van der Waals surface area contributed by atoms with Gasteiger partial charge in [0.05, 0.1) is 0 Å². The third-order valence-corrected chi connectivity index (χ3v) is 16.8. The van der Waals surface area contributed by atoms with E-state index in [1.54, 1.807) is 31.8 Å². The third kappa shape index (κ3) is 10.5. The monoisotopic (exact) mass is 1150 g/mol. The van der Waals surface area contributed by atoms with E-state index in [1.807, 2.05) is 102 Å². The van der Waals surface area contributed by atoms with Gasteiger partial charge in [-0.3, -0.25) is 38.5 Å². The zero-order valence-corrected chi connectivity index (χ0v) is 45.8. The average molecular weight is 1150 g/mol. The van der Waals surface area contributed by atoms with Crippen molar-refractivity contribution < 1.29 is 77.7 Å². The molecule has 7 aromatic rings. The molecule has 0 saturated heterocycles. The summed E-state index contributed by atoms with van der Waals surface area (Å²) in [5.74, 6) is -4.59. The predicted octanol–water partition coefficient (Wildman–Crippen LogP) is 3.72. The number of rotatable bonds is 3. The molecule has 13 rings (SSSR count). The topological polar surface area (TPSA) is 139 Å². The Balaban J connectivity index is 0.000000180. The largest absolute Gasteiger partial charge is 1.00 e. The minimum atomic E-state index is -0.998. The fourth-order valence-electron chi connectivity index (χ4n) is 10.9. The molecule has 0 radical (unpaired) electrons. The van der Waals surface area contributed by atoms with Crippen molar-refractivity contribution >= 4 is 35.3 Å². The second kappa shape index (κ2) is 23.9. The first-order valence-corrected chi connectivity index (χ1v) is 27.4. The molecule has 8 heterocycles. The van der Waals surface area contributed by atoms with Gasteiger partial charge in [0.15, 0.2) is 46.2 Å². The maximum atomic E-state index is 15.6. The minimum absolute atomic E-state index is 0. The van der Waals surface area contributed by atoms with E-state index in [2.05, 4.69) is 0 Å². The number of aromatic nitrogens is 2. The Hall–Kier alpha value is -7.47. The third-order valence-electron chi connectivity index (χ3n) is 14.6. The Morgan fingerprint density at radius 2 is 1.06 bits per heavy atom. The van der Waals surface area contributed by atoms with E-state index in [0.29, 0.717) is 37.1 Å². The van der Waals surface area contributed by atoms with Crippen molar-refractivity contribution in [2.45, 2.75) is 52.8 Å². The van der Waals surface area contributed by atoms with Crippen molar-refractivity contribution in [1.29, 1.82) is 0 Å². The molecule has 5 aromatic carbocycles. The minimum Gasteiger partial charge on any atom is -1.00 e. The van der Waals surface area contributed by atoms with Gasteiger partial charge >= 0.3 is 18.9 Å². The smallest absolute Gasteiger partial charge is 1.00 e. The number of hydrogen-bond acceptors (Lipinski definition) is 12. The number of thioether (sulfide) groups is 2. The number of amides is 2. The fourth-order valence-corrected chi connectivity index (χ4v) is 13.1. The number of benzene rings is 5. The summed E-state index contributed by atoms with van der Waals surface area (Å²) in [4.78, 5) is 58.0. The Bertz CT molecular complexity index is 3800. The molecule has 0 saturated carbocycles. The Labute approximate surface area is 488 Å². The van der Waals surface area contributed by atoms with E-state index < -0.39 is 57.9 Å². The first kappa shape index (κ1) is 56.8. The molecule has 81 heavy (non-hydrogen) atoms. The molecule has 410 valence electrons. The quantitative estimate of drug-likeness (QED) is 0.157. The van der Waals surface area contributed by atoms with E-state index in [4.69, 9.17) is 14.2 Å². The fraction of sp³-hybridized carbons (Fsp3) is 0.220. The van der Waals surface area contributed by atoms with Crippen molar-refractivity contribution in [2.24, 2.45) is 0 Å². The standard InChI is InChI=1S/C33H27F2N3O4S.C26H21F2N3O4S.ClH.Li/c34-24-17-26-28-23(29(24)35)19-43-27-12-6-5-11-22(27)30(28)38-20-36(14-7-2-8-16-41-26)33(40)31-32(25(39)13-15-37(31)38)42-18-21-9-3-1-4-10-21;27-17-12-19-21-16(22(17)28)13-36-20-7-3-2-6-15(20)23(21)31-14-29(9-4-1-5-11-35-19)26(34)24-25(33)18(32)8-10-30(24)31;;/h1-6,8-13,15,17,30H,7,14,16,18-20H2;1-3,5-8,10,12,23,33H,4,9,11,13-14H2;1H;/q;;;+1/p-1/b8-2-;5-1-;;/t30-;23-;;/m11../s1. The molecular formula is C59H48ClF4LiN6O8S2. The first-order valence-electron chi connectivity index (χ1n) is 25.5. The van der Waals surface area contributed by atoms with Crippen LogP contribution in [0.25, 0.3) is 0 Å². The number of ether oxygens (including phenoxy) is 3. The van der Waals surface area contributed by atoms with E-state index in [-0.39, 0.29) is 122 Å². The first-order chi connectivity index (χ1) is 38.5. The molecular weight excluding hydrogens is 1100 g/mol. The Kier molecular flexibility index (Phi) is 16.8. The van der Waals surface area contributed by atoms with Crippen LogP contribution in [-0.2, 0) is 18.1 Å². The summed E-state index contributed by atoms with van der Waals surface area (Å²) in [7, 11) is 0. The number of carbonyl (C=O) groups is 2. The summed E-state index contributed by atoms with van der Waals surface area (Å²) < 4.78 is 81.9. The number of halogens is 5. The summed E-state index contributed by atoms with van der Waals surface area (Å²) in [6, 6.07) is 28.0. The van der Waals surface area contributed by atoms with E-state index in [0.717, 1.165) is 38.6 Å². The second-order valence-corrected chi connectivity index (χ2v) is 21.3. The van der Waals surface area contributed by atoms with Crippen LogP contribution < -0.4 is 66.4 Å². The van der Waals surface area contributed by atoms with Gasteiger partial charge in [-0.25, -0.2) is 17.6 Å². The van der Waals surface area contributed by atoms with Crippen molar-refractivity contribution in [3.63, 3.8) is 0 Å². The zero-order chi connectivity index (χ0) is 54.5. The summed E-state index contributed by atoms with van der Waals surface area (Å²) >= 11 is 2.81. The molecule has 6 aliphatic heterocycles. The number of carbonyl (C=O) groups excluding carboxylic acids is 2. The molecule has 2 aromatic heterocycles. The molecule has 0 aliphatic carbocycles. The predicted molar refractivity (Wildman–Crippen MR) is 289 cm³/mol. The van der Waals surface area contributed by atoms with Crippen LogP contribution in [0.2, 0.25) is 0 Å². The number of aromatic hydroxyl groups is 1. The molecule has 2 atom stereocenters. The maximum absolute atomic E-state index is 15.6. The summed E-state index contributed by atoms with van der Waals surface area (Å²) in [6.07, 6.45) is 11.3. The summed E-state index contributed by atoms with van der Waals surface area (Å²) in [5, 5.41) is 14.3. The molecule has 0 unspecified atom stereocenters. The number of nitrogens with zero attached hydrogens (tertiary/aromatic N) is 6. The number of fused-ring (bicyclic) bond motifs is 14. The SMILES string of the molecule is O=C1c2c(O)c(=O)ccn2N2CN1CC/C=C\COc1cc(F)c(F)c3c1[C@H]2c1ccccc1SC3.O=C1c2c(OCc3ccccc3)c(=O)ccn2N2CN1CC/C=C\COc1cc(F)c(F)c3c1[C@H]2c1ccccc1SC3.[Cl-].[Li+]. The van der Waals surface area contributed by atoms with Gasteiger partial charge in [-0.2, -0.15) is 0 Å². The van der Waals surface area contributed by atoms with Gasteiger partial charge in [0.1, 0.15) is 56.7 Å². The molecule has 0 spiro atoms. The van der Waals surface area contributed by atoms with Crippen LogP contribution >= 0.6 is 23.5 Å². The van der Waals surface area contributed by atoms with Crippen LogP contribution in [0.4, 0.5) is 17.6 Å². The van der Waals surface area contributed by atoms with Crippen molar-refractivity contribution in [3.05, 3.63) is 234 Å². The van der Waals surface area contributed by atoms with E-state index in [9.17, 15) is 33.1 Å². The zero-order valence-electron chi connectivity index (χ0n) is 43.4. The maximum Gasteiger partial charge on any atom is 1.00 e. The molecule has 1 N–H and O–H groups in total. The molecule has 2 amide bonds. The normalized spacial score (nSPS) is 18.4. The summed E-state index contributed by atoms with van der Waals surface area (Å²) in [5.41, 5.74) is 2.61. The Morgan fingerprint density at radius 1 is 0.593 bits per heavy atom. The molecule has 4 bridgehead atoms. The van der Waals surface area contributed by atoms with Crippen molar-refractivity contribution in [1.82, 2.24) is 19.2 Å². The van der Waals surface area contributed by atoms with Crippen LogP contribution in [0.15, 0.2) is 159 Å². The van der Waals surface area contributed by atoms with Crippen LogP contribution in [-0.4, -0.2) is 75.7 Å². The van der Waals surface area contributed by atoms with Gasteiger partial charge in [-0.1, -0.05) is 91.0 Å². The Morgan fingerprint density at radius 3 is 1.59 bits per heavy atom. The molecule has 22 heteroatoms. The molecule has 14 nitrogen and oxygen atoms in total.